The number of unbranched alkanes of at least 4 members (excludes halogenated alkanes) is 5. The van der Waals surface area contributed by atoms with Gasteiger partial charge in [-0.05, 0) is 29.5 Å². The Morgan fingerprint density at radius 2 is 1.68 bits per heavy atom. The van der Waals surface area contributed by atoms with Crippen LogP contribution >= 0.6 is 0 Å². The van der Waals surface area contributed by atoms with Crippen LogP contribution in [-0.4, -0.2) is 6.61 Å². The van der Waals surface area contributed by atoms with Crippen LogP contribution in [0.25, 0.3) is 11.1 Å². The fourth-order valence-electron chi connectivity index (χ4n) is 2.81. The predicted molar refractivity (Wildman–Crippen MR) is 96.0 cm³/mol. The van der Waals surface area contributed by atoms with Crippen molar-refractivity contribution in [1.29, 1.82) is 0 Å². The second-order valence-corrected chi connectivity index (χ2v) is 6.51. The van der Waals surface area contributed by atoms with Crippen molar-refractivity contribution in [2.75, 3.05) is 6.61 Å². The van der Waals surface area contributed by atoms with Gasteiger partial charge in [-0.25, -0.2) is 0 Å². The summed E-state index contributed by atoms with van der Waals surface area (Å²) in [5.41, 5.74) is 3.84. The zero-order chi connectivity index (χ0) is 15.8. The summed E-state index contributed by atoms with van der Waals surface area (Å²) in [6.45, 7) is 7.55. The summed E-state index contributed by atoms with van der Waals surface area (Å²) in [6.07, 6.45) is 7.80. The van der Waals surface area contributed by atoms with Gasteiger partial charge in [0, 0.05) is 5.56 Å². The van der Waals surface area contributed by atoms with Gasteiger partial charge in [0.25, 0.3) is 0 Å². The Labute approximate surface area is 136 Å². The Bertz CT molecular complexity index is 530. The lowest BCUT2D eigenvalue weighted by Crippen LogP contribution is -1.98. The normalized spacial score (nSPS) is 11.3. The Morgan fingerprint density at radius 1 is 0.909 bits per heavy atom. The minimum atomic E-state index is 0.521. The molecule has 0 spiro atoms. The van der Waals surface area contributed by atoms with Gasteiger partial charge in [-0.3, -0.25) is 0 Å². The summed E-state index contributed by atoms with van der Waals surface area (Å²) in [6, 6.07) is 13.1. The summed E-state index contributed by atoms with van der Waals surface area (Å²) in [5.74, 6) is 1.56. The molecule has 0 radical (unpaired) electrons. The average Bonchev–Trinajstić information content (AvgIpc) is 2.89. The number of hydrogen-bond donors (Lipinski definition) is 0. The maximum Gasteiger partial charge on any atom is 0.127 e. The molecule has 120 valence electrons. The lowest BCUT2D eigenvalue weighted by molar-refractivity contribution is 0.305. The molecule has 0 aromatic carbocycles. The number of rotatable bonds is 9. The molecule has 2 rings (SSSR count). The molecule has 0 fully saturated rings. The standard InChI is InChI=1S/C21H30O/c1-4-5-6-7-8-9-15-22-21-16-19(17(2)3)14-13-18-11-10-12-20(18)21/h10-14,16-17H,4-9,15H2,1-3H3. The van der Waals surface area contributed by atoms with E-state index < -0.39 is 0 Å². The molecule has 0 bridgehead atoms. The predicted octanol–water partition coefficient (Wildman–Crippen LogP) is 6.65. The average molecular weight is 298 g/mol. The number of hydrogen-bond acceptors (Lipinski definition) is 1. The van der Waals surface area contributed by atoms with E-state index in [0.717, 1.165) is 18.8 Å². The van der Waals surface area contributed by atoms with Crippen LogP contribution in [0.15, 0.2) is 36.4 Å². The van der Waals surface area contributed by atoms with E-state index in [0.29, 0.717) is 5.92 Å². The van der Waals surface area contributed by atoms with E-state index in [4.69, 9.17) is 4.74 Å². The third kappa shape index (κ3) is 4.76. The molecule has 0 amide bonds. The molecular formula is C21H30O. The van der Waals surface area contributed by atoms with Gasteiger partial charge in [0.15, 0.2) is 0 Å². The molecule has 0 saturated heterocycles. The highest BCUT2D eigenvalue weighted by Crippen LogP contribution is 2.34. The highest BCUT2D eigenvalue weighted by atomic mass is 16.5. The van der Waals surface area contributed by atoms with Crippen LogP contribution in [0.2, 0.25) is 0 Å². The highest BCUT2D eigenvalue weighted by Gasteiger charge is 2.10. The van der Waals surface area contributed by atoms with E-state index in [9.17, 15) is 0 Å². The van der Waals surface area contributed by atoms with Crippen LogP contribution in [0.3, 0.4) is 0 Å². The molecular weight excluding hydrogens is 268 g/mol. The van der Waals surface area contributed by atoms with Crippen LogP contribution in [0.5, 0.6) is 5.75 Å². The van der Waals surface area contributed by atoms with Crippen LogP contribution in [0.1, 0.15) is 70.8 Å². The monoisotopic (exact) mass is 298 g/mol. The molecule has 0 aromatic rings. The Hall–Kier alpha value is -1.50. The minimum Gasteiger partial charge on any atom is -0.493 e. The van der Waals surface area contributed by atoms with Crippen molar-refractivity contribution in [1.82, 2.24) is 0 Å². The summed E-state index contributed by atoms with van der Waals surface area (Å²) in [7, 11) is 0. The summed E-state index contributed by atoms with van der Waals surface area (Å²) in [5, 5.41) is 0. The summed E-state index contributed by atoms with van der Waals surface area (Å²) in [4.78, 5) is 0. The van der Waals surface area contributed by atoms with Gasteiger partial charge in [-0.15, -0.1) is 0 Å². The SMILES string of the molecule is CCCCCCCCOc1cc(C(C)C)ccc2cccc1-2. The molecule has 2 aliphatic carbocycles. The molecule has 0 unspecified atom stereocenters. The first kappa shape index (κ1) is 16.9. The third-order valence-corrected chi connectivity index (χ3v) is 4.29. The van der Waals surface area contributed by atoms with Gasteiger partial charge < -0.3 is 4.74 Å². The van der Waals surface area contributed by atoms with Crippen LogP contribution in [0.4, 0.5) is 0 Å². The molecule has 2 aliphatic rings. The van der Waals surface area contributed by atoms with Crippen molar-refractivity contribution < 1.29 is 4.74 Å². The van der Waals surface area contributed by atoms with E-state index in [1.807, 2.05) is 0 Å². The molecule has 0 aromatic heterocycles. The van der Waals surface area contributed by atoms with Gasteiger partial charge in [0.1, 0.15) is 5.75 Å². The maximum atomic E-state index is 6.13. The number of ether oxygens (including phenoxy) is 1. The first-order valence-corrected chi connectivity index (χ1v) is 8.88. The van der Waals surface area contributed by atoms with Gasteiger partial charge in [-0.1, -0.05) is 83.2 Å². The van der Waals surface area contributed by atoms with E-state index in [2.05, 4.69) is 57.2 Å². The molecule has 0 N–H and O–H groups in total. The lowest BCUT2D eigenvalue weighted by Gasteiger charge is -2.09. The van der Waals surface area contributed by atoms with Crippen LogP contribution < -0.4 is 4.74 Å². The van der Waals surface area contributed by atoms with Gasteiger partial charge >= 0.3 is 0 Å². The Kier molecular flexibility index (Phi) is 6.76. The van der Waals surface area contributed by atoms with Crippen molar-refractivity contribution in [2.24, 2.45) is 0 Å². The van der Waals surface area contributed by atoms with Gasteiger partial charge in [0.05, 0.1) is 6.61 Å². The van der Waals surface area contributed by atoms with Crippen molar-refractivity contribution in [2.45, 2.75) is 65.2 Å². The molecule has 0 saturated carbocycles. The molecule has 0 aliphatic heterocycles. The molecule has 1 nitrogen and oxygen atoms in total. The van der Waals surface area contributed by atoms with Crippen LogP contribution in [-0.2, 0) is 0 Å². The van der Waals surface area contributed by atoms with Crippen molar-refractivity contribution >= 4 is 0 Å². The van der Waals surface area contributed by atoms with E-state index >= 15 is 0 Å². The Balaban J connectivity index is 1.95. The second kappa shape index (κ2) is 8.82. The zero-order valence-electron chi connectivity index (χ0n) is 14.4. The number of fused-ring (bicyclic) bond motifs is 1. The van der Waals surface area contributed by atoms with Crippen molar-refractivity contribution in [3.63, 3.8) is 0 Å². The fraction of sp³-hybridized carbons (Fsp3) is 0.524. The van der Waals surface area contributed by atoms with E-state index in [1.54, 1.807) is 0 Å². The summed E-state index contributed by atoms with van der Waals surface area (Å²) < 4.78 is 6.13. The highest BCUT2D eigenvalue weighted by molar-refractivity contribution is 5.72. The molecule has 1 heteroatoms. The fourth-order valence-corrected chi connectivity index (χ4v) is 2.81. The first-order chi connectivity index (χ1) is 10.7. The van der Waals surface area contributed by atoms with Crippen molar-refractivity contribution in [3.8, 4) is 16.9 Å². The molecule has 0 atom stereocenters. The van der Waals surface area contributed by atoms with Gasteiger partial charge in [-0.2, -0.15) is 0 Å². The van der Waals surface area contributed by atoms with Gasteiger partial charge in [0.2, 0.25) is 0 Å². The smallest absolute Gasteiger partial charge is 0.127 e. The third-order valence-electron chi connectivity index (χ3n) is 4.29. The second-order valence-electron chi connectivity index (χ2n) is 6.51. The topological polar surface area (TPSA) is 9.23 Å². The maximum absolute atomic E-state index is 6.13. The van der Waals surface area contributed by atoms with E-state index in [-0.39, 0.29) is 0 Å². The summed E-state index contributed by atoms with van der Waals surface area (Å²) >= 11 is 0. The first-order valence-electron chi connectivity index (χ1n) is 8.88. The van der Waals surface area contributed by atoms with Crippen molar-refractivity contribution in [3.05, 3.63) is 42.0 Å². The molecule has 0 heterocycles. The zero-order valence-corrected chi connectivity index (χ0v) is 14.4. The minimum absolute atomic E-state index is 0.521. The molecule has 22 heavy (non-hydrogen) atoms. The largest absolute Gasteiger partial charge is 0.493 e. The van der Waals surface area contributed by atoms with Crippen LogP contribution in [0, 0.1) is 0 Å². The lowest BCUT2D eigenvalue weighted by atomic mass is 10.1. The Morgan fingerprint density at radius 3 is 2.45 bits per heavy atom. The van der Waals surface area contributed by atoms with E-state index in [1.165, 1.54) is 48.8 Å². The quantitative estimate of drug-likeness (QED) is 0.471.